The van der Waals surface area contributed by atoms with Gasteiger partial charge in [0.1, 0.15) is 0 Å². The maximum atomic E-state index is 12.0. The van der Waals surface area contributed by atoms with Crippen LogP contribution in [-0.4, -0.2) is 18.0 Å². The topological polar surface area (TPSA) is 32.3 Å². The number of amides is 2. The quantitative estimate of drug-likeness (QED) is 0.827. The fourth-order valence-electron chi connectivity index (χ4n) is 1.99. The number of allylic oxidation sites excluding steroid dienone is 2. The first-order valence-corrected chi connectivity index (χ1v) is 6.06. The van der Waals surface area contributed by atoms with Crippen LogP contribution in [0, 0.1) is 0 Å². The number of carbonyl (C=O) groups is 1. The van der Waals surface area contributed by atoms with E-state index in [1.54, 1.807) is 4.90 Å². The molecule has 0 saturated carbocycles. The first-order chi connectivity index (χ1) is 8.27. The minimum absolute atomic E-state index is 0.0654. The lowest BCUT2D eigenvalue weighted by Crippen LogP contribution is -2.31. The molecular weight excluding hydrogens is 212 g/mol. The maximum absolute atomic E-state index is 12.0. The molecule has 3 heteroatoms. The van der Waals surface area contributed by atoms with Gasteiger partial charge in [-0.25, -0.2) is 4.79 Å². The highest BCUT2D eigenvalue weighted by atomic mass is 16.2. The van der Waals surface area contributed by atoms with Gasteiger partial charge in [0, 0.05) is 18.4 Å². The van der Waals surface area contributed by atoms with Crippen LogP contribution in [0.3, 0.4) is 0 Å². The van der Waals surface area contributed by atoms with E-state index in [0.717, 1.165) is 24.2 Å². The Labute approximate surface area is 102 Å². The molecule has 2 rings (SSSR count). The van der Waals surface area contributed by atoms with Crippen LogP contribution in [0.4, 0.5) is 10.5 Å². The number of carbonyl (C=O) groups excluding carboxylic acids is 1. The molecule has 1 aliphatic rings. The van der Waals surface area contributed by atoms with Gasteiger partial charge < -0.3 is 10.2 Å². The molecule has 0 spiro atoms. The second-order valence-electron chi connectivity index (χ2n) is 4.30. The summed E-state index contributed by atoms with van der Waals surface area (Å²) < 4.78 is 0. The molecule has 3 nitrogen and oxygen atoms in total. The summed E-state index contributed by atoms with van der Waals surface area (Å²) >= 11 is 0. The Morgan fingerprint density at radius 2 is 2.00 bits per heavy atom. The summed E-state index contributed by atoms with van der Waals surface area (Å²) in [4.78, 5) is 13.7. The van der Waals surface area contributed by atoms with Gasteiger partial charge in [0.15, 0.2) is 0 Å². The molecule has 0 heterocycles. The van der Waals surface area contributed by atoms with Gasteiger partial charge in [-0.05, 0) is 37.8 Å². The van der Waals surface area contributed by atoms with Gasteiger partial charge in [-0.15, -0.1) is 0 Å². The normalized spacial score (nSPS) is 15.0. The second-order valence-corrected chi connectivity index (χ2v) is 4.30. The highest BCUT2D eigenvalue weighted by Crippen LogP contribution is 2.20. The number of hydrogen-bond acceptors (Lipinski definition) is 1. The summed E-state index contributed by atoms with van der Waals surface area (Å²) in [6.07, 6.45) is 6.65. The summed E-state index contributed by atoms with van der Waals surface area (Å²) in [5.74, 6) is 0. The second kappa shape index (κ2) is 5.53. The van der Waals surface area contributed by atoms with Crippen LogP contribution in [0.1, 0.15) is 25.7 Å². The van der Waals surface area contributed by atoms with E-state index in [0.29, 0.717) is 0 Å². The van der Waals surface area contributed by atoms with Crippen molar-refractivity contribution in [1.82, 2.24) is 4.90 Å². The van der Waals surface area contributed by atoms with Crippen molar-refractivity contribution in [2.75, 3.05) is 12.4 Å². The van der Waals surface area contributed by atoms with Crippen LogP contribution >= 0.6 is 0 Å². The molecule has 0 aliphatic heterocycles. The Morgan fingerprint density at radius 3 is 2.65 bits per heavy atom. The van der Waals surface area contributed by atoms with Crippen LogP contribution in [-0.2, 0) is 0 Å². The lowest BCUT2D eigenvalue weighted by Gasteiger charge is -2.23. The first kappa shape index (κ1) is 11.7. The minimum Gasteiger partial charge on any atom is -0.308 e. The number of anilines is 1. The van der Waals surface area contributed by atoms with Crippen LogP contribution < -0.4 is 5.32 Å². The van der Waals surface area contributed by atoms with Gasteiger partial charge in [0.25, 0.3) is 0 Å². The largest absolute Gasteiger partial charge is 0.325 e. The van der Waals surface area contributed by atoms with Gasteiger partial charge in [-0.3, -0.25) is 0 Å². The van der Waals surface area contributed by atoms with Gasteiger partial charge in [0.05, 0.1) is 0 Å². The fourth-order valence-corrected chi connectivity index (χ4v) is 1.99. The Morgan fingerprint density at radius 1 is 1.24 bits per heavy atom. The van der Waals surface area contributed by atoms with Crippen molar-refractivity contribution in [3.63, 3.8) is 0 Å². The monoisotopic (exact) mass is 230 g/mol. The van der Waals surface area contributed by atoms with E-state index < -0.39 is 0 Å². The summed E-state index contributed by atoms with van der Waals surface area (Å²) in [5.41, 5.74) is 1.96. The molecule has 90 valence electrons. The molecule has 0 bridgehead atoms. The van der Waals surface area contributed by atoms with Crippen molar-refractivity contribution in [1.29, 1.82) is 0 Å². The zero-order valence-electron chi connectivity index (χ0n) is 10.1. The summed E-state index contributed by atoms with van der Waals surface area (Å²) in [7, 11) is 1.83. The number of rotatable bonds is 2. The average molecular weight is 230 g/mol. The van der Waals surface area contributed by atoms with E-state index in [4.69, 9.17) is 0 Å². The lowest BCUT2D eigenvalue weighted by atomic mass is 10.0. The smallest absolute Gasteiger partial charge is 0.308 e. The van der Waals surface area contributed by atoms with Crippen LogP contribution in [0.5, 0.6) is 0 Å². The number of urea groups is 1. The number of para-hydroxylation sites is 1. The first-order valence-electron chi connectivity index (χ1n) is 6.06. The summed E-state index contributed by atoms with van der Waals surface area (Å²) in [6.45, 7) is 0. The van der Waals surface area contributed by atoms with Crippen LogP contribution in [0.25, 0.3) is 0 Å². The molecule has 1 N–H and O–H groups in total. The van der Waals surface area contributed by atoms with Gasteiger partial charge in [-0.2, -0.15) is 0 Å². The Hall–Kier alpha value is -1.77. The summed E-state index contributed by atoms with van der Waals surface area (Å²) in [5, 5.41) is 2.89. The molecule has 1 aromatic carbocycles. The number of nitrogens with zero attached hydrogens (tertiary/aromatic N) is 1. The Bertz CT molecular complexity index is 411. The highest BCUT2D eigenvalue weighted by Gasteiger charge is 2.14. The van der Waals surface area contributed by atoms with E-state index >= 15 is 0 Å². The lowest BCUT2D eigenvalue weighted by molar-refractivity contribution is 0.230. The molecular formula is C14H18N2O. The predicted molar refractivity (Wildman–Crippen MR) is 69.8 cm³/mol. The van der Waals surface area contributed by atoms with Crippen molar-refractivity contribution in [2.45, 2.75) is 25.7 Å². The van der Waals surface area contributed by atoms with Crippen LogP contribution in [0.15, 0.2) is 42.1 Å². The van der Waals surface area contributed by atoms with E-state index in [-0.39, 0.29) is 6.03 Å². The molecule has 1 aromatic rings. The third-order valence-electron chi connectivity index (χ3n) is 3.03. The SMILES string of the molecule is CN(C(=O)Nc1ccccc1)C1=CCCCC1. The maximum Gasteiger partial charge on any atom is 0.325 e. The Kier molecular flexibility index (Phi) is 3.81. The molecule has 17 heavy (non-hydrogen) atoms. The minimum atomic E-state index is -0.0654. The van der Waals surface area contributed by atoms with Gasteiger partial charge in [0.2, 0.25) is 0 Å². The predicted octanol–water partition coefficient (Wildman–Crippen LogP) is 3.61. The molecule has 1 aliphatic carbocycles. The zero-order chi connectivity index (χ0) is 12.1. The molecule has 0 aromatic heterocycles. The molecule has 0 saturated heterocycles. The van der Waals surface area contributed by atoms with Crippen molar-refractivity contribution in [2.24, 2.45) is 0 Å². The standard InChI is InChI=1S/C14H18N2O/c1-16(13-10-6-3-7-11-13)14(17)15-12-8-4-2-5-9-12/h2,4-5,8-10H,3,6-7,11H2,1H3,(H,15,17). The van der Waals surface area contributed by atoms with Crippen molar-refractivity contribution in [3.05, 3.63) is 42.1 Å². The van der Waals surface area contributed by atoms with Crippen molar-refractivity contribution in [3.8, 4) is 0 Å². The molecule has 0 fully saturated rings. The summed E-state index contributed by atoms with van der Waals surface area (Å²) in [6, 6.07) is 9.47. The van der Waals surface area contributed by atoms with E-state index in [9.17, 15) is 4.79 Å². The van der Waals surface area contributed by atoms with E-state index in [1.807, 2.05) is 37.4 Å². The van der Waals surface area contributed by atoms with Gasteiger partial charge in [-0.1, -0.05) is 24.3 Å². The van der Waals surface area contributed by atoms with Crippen molar-refractivity contribution >= 4 is 11.7 Å². The average Bonchev–Trinajstić information content (AvgIpc) is 2.40. The highest BCUT2D eigenvalue weighted by molar-refractivity contribution is 5.90. The van der Waals surface area contributed by atoms with Gasteiger partial charge >= 0.3 is 6.03 Å². The molecule has 2 amide bonds. The number of benzene rings is 1. The molecule has 0 atom stereocenters. The molecule has 0 unspecified atom stereocenters. The van der Waals surface area contributed by atoms with Crippen LogP contribution in [0.2, 0.25) is 0 Å². The fraction of sp³-hybridized carbons (Fsp3) is 0.357. The van der Waals surface area contributed by atoms with E-state index in [1.165, 1.54) is 12.8 Å². The third-order valence-corrected chi connectivity index (χ3v) is 3.03. The Balaban J connectivity index is 1.98. The number of hydrogen-bond donors (Lipinski definition) is 1. The molecule has 0 radical (unpaired) electrons. The number of nitrogens with one attached hydrogen (secondary N) is 1. The zero-order valence-corrected chi connectivity index (χ0v) is 10.1. The van der Waals surface area contributed by atoms with Crippen molar-refractivity contribution < 1.29 is 4.79 Å². The third kappa shape index (κ3) is 3.09. The van der Waals surface area contributed by atoms with E-state index in [2.05, 4.69) is 11.4 Å².